The average Bonchev–Trinajstić information content (AvgIpc) is 3.34. The predicted molar refractivity (Wildman–Crippen MR) is 141 cm³/mol. The number of amides is 1. The van der Waals surface area contributed by atoms with E-state index in [-0.39, 0.29) is 11.6 Å². The van der Waals surface area contributed by atoms with E-state index in [1.807, 2.05) is 36.4 Å². The number of nitro benzene ring substituents is 1. The highest BCUT2D eigenvalue weighted by Crippen LogP contribution is 2.50. The molecule has 2 atom stereocenters. The quantitative estimate of drug-likeness (QED) is 0.118. The maximum absolute atomic E-state index is 12.7. The number of carbonyl (C=O) groups is 1. The first-order valence-electron chi connectivity index (χ1n) is 10.8. The smallest absolute Gasteiger partial charge is 0.274 e. The number of anilines is 3. The first kappa shape index (κ1) is 23.2. The number of nitrogens with zero attached hydrogens (tertiary/aromatic N) is 5. The van der Waals surface area contributed by atoms with Gasteiger partial charge in [0.2, 0.25) is 11.0 Å². The third kappa shape index (κ3) is 3.81. The van der Waals surface area contributed by atoms with Crippen molar-refractivity contribution in [2.24, 2.45) is 0 Å². The summed E-state index contributed by atoms with van der Waals surface area (Å²) >= 11 is 15.6. The van der Waals surface area contributed by atoms with Gasteiger partial charge < -0.3 is 4.90 Å². The lowest BCUT2D eigenvalue weighted by Gasteiger charge is -2.42. The Morgan fingerprint density at radius 2 is 1.75 bits per heavy atom. The van der Waals surface area contributed by atoms with E-state index >= 15 is 0 Å². The lowest BCUT2D eigenvalue weighted by atomic mass is 9.92. The highest BCUT2D eigenvalue weighted by molar-refractivity contribution is 7.99. The first-order valence-corrected chi connectivity index (χ1v) is 13.2. The van der Waals surface area contributed by atoms with Crippen LogP contribution in [-0.2, 0) is 11.3 Å². The number of halogens is 2. The Morgan fingerprint density at radius 1 is 1.00 bits per heavy atom. The Labute approximate surface area is 223 Å². The third-order valence-corrected chi connectivity index (χ3v) is 8.72. The monoisotopic (exact) mass is 555 g/mol. The minimum atomic E-state index is -0.918. The molecule has 1 amide bonds. The molecule has 1 aromatic heterocycles. The van der Waals surface area contributed by atoms with Crippen molar-refractivity contribution in [2.75, 3.05) is 9.80 Å². The first-order chi connectivity index (χ1) is 17.4. The number of carbonyl (C=O) groups excluding carboxylic acids is 1. The molecule has 12 heteroatoms. The Morgan fingerprint density at radius 3 is 2.58 bits per heavy atom. The maximum atomic E-state index is 12.7. The van der Waals surface area contributed by atoms with Gasteiger partial charge in [0.1, 0.15) is 10.4 Å². The summed E-state index contributed by atoms with van der Waals surface area (Å²) in [6.45, 7) is 0.408. The minimum Gasteiger partial charge on any atom is -0.333 e. The second kappa shape index (κ2) is 9.04. The van der Waals surface area contributed by atoms with Crippen molar-refractivity contribution in [1.29, 1.82) is 0 Å². The van der Waals surface area contributed by atoms with Crippen molar-refractivity contribution in [2.45, 2.75) is 27.8 Å². The molecule has 0 saturated carbocycles. The van der Waals surface area contributed by atoms with Crippen LogP contribution in [0.25, 0.3) is 0 Å². The van der Waals surface area contributed by atoms with Gasteiger partial charge in [-0.25, -0.2) is 0 Å². The molecule has 180 valence electrons. The van der Waals surface area contributed by atoms with Crippen LogP contribution in [0.5, 0.6) is 0 Å². The normalized spacial score (nSPS) is 18.4. The molecule has 0 N–H and O–H groups in total. The van der Waals surface area contributed by atoms with Crippen LogP contribution in [0.3, 0.4) is 0 Å². The van der Waals surface area contributed by atoms with E-state index < -0.39 is 16.3 Å². The van der Waals surface area contributed by atoms with Crippen LogP contribution in [0, 0.1) is 10.1 Å². The van der Waals surface area contributed by atoms with Gasteiger partial charge in [0.05, 0.1) is 34.4 Å². The zero-order valence-corrected chi connectivity index (χ0v) is 21.4. The molecule has 36 heavy (non-hydrogen) atoms. The molecular weight excluding hydrogens is 541 g/mol. The van der Waals surface area contributed by atoms with Crippen molar-refractivity contribution in [3.63, 3.8) is 0 Å². The van der Waals surface area contributed by atoms with E-state index in [4.69, 9.17) is 23.2 Å². The molecule has 8 nitrogen and oxygen atoms in total. The van der Waals surface area contributed by atoms with Gasteiger partial charge in [-0.15, -0.1) is 21.8 Å². The standard InChI is InChI=1S/C24H15Cl2N5O3S2/c25-13-9-10-19-17(11-13)29(16-7-3-4-8-18(16)35-19)12-20-27-28-24(36-20)30-22(21(26)23(30)32)14-5-1-2-6-15(14)31(33)34/h1-11,21-22H,12H2. The summed E-state index contributed by atoms with van der Waals surface area (Å²) in [6, 6.07) is 19.4. The van der Waals surface area contributed by atoms with Crippen LogP contribution in [0.15, 0.2) is 76.5 Å². The van der Waals surface area contributed by atoms with Crippen molar-refractivity contribution in [3.8, 4) is 0 Å². The molecule has 1 fully saturated rings. The molecule has 4 aromatic rings. The fraction of sp³-hybridized carbons (Fsp3) is 0.125. The van der Waals surface area contributed by atoms with E-state index in [9.17, 15) is 14.9 Å². The van der Waals surface area contributed by atoms with Gasteiger partial charge in [0, 0.05) is 20.9 Å². The molecule has 0 spiro atoms. The second-order valence-electron chi connectivity index (χ2n) is 8.12. The zero-order valence-electron chi connectivity index (χ0n) is 18.2. The van der Waals surface area contributed by atoms with Gasteiger partial charge in [-0.2, -0.15) is 0 Å². The van der Waals surface area contributed by atoms with Crippen LogP contribution >= 0.6 is 46.3 Å². The minimum absolute atomic E-state index is 0.0914. The summed E-state index contributed by atoms with van der Waals surface area (Å²) < 4.78 is 0. The van der Waals surface area contributed by atoms with Gasteiger partial charge in [0.25, 0.3) is 5.69 Å². The zero-order chi connectivity index (χ0) is 25.0. The van der Waals surface area contributed by atoms with E-state index in [0.717, 1.165) is 21.2 Å². The third-order valence-electron chi connectivity index (χ3n) is 6.02. The largest absolute Gasteiger partial charge is 0.333 e. The van der Waals surface area contributed by atoms with Gasteiger partial charge in [-0.3, -0.25) is 19.8 Å². The second-order valence-corrected chi connectivity index (χ2v) is 11.1. The molecule has 2 aliphatic heterocycles. The topological polar surface area (TPSA) is 92.5 Å². The lowest BCUT2D eigenvalue weighted by Crippen LogP contribution is -2.56. The van der Waals surface area contributed by atoms with Gasteiger partial charge in [-0.1, -0.05) is 59.0 Å². The van der Waals surface area contributed by atoms with E-state index in [1.165, 1.54) is 22.3 Å². The highest BCUT2D eigenvalue weighted by Gasteiger charge is 2.51. The number of rotatable bonds is 5. The number of alkyl halides is 1. The molecule has 1 saturated heterocycles. The Hall–Kier alpha value is -3.18. The van der Waals surface area contributed by atoms with Gasteiger partial charge in [-0.05, 0) is 36.4 Å². The summed E-state index contributed by atoms with van der Waals surface area (Å²) in [7, 11) is 0. The summed E-state index contributed by atoms with van der Waals surface area (Å²) in [5.41, 5.74) is 2.25. The number of β-lactam (4-membered cyclic amide) rings is 1. The number of fused-ring (bicyclic) bond motifs is 2. The molecule has 6 rings (SSSR count). The fourth-order valence-electron chi connectivity index (χ4n) is 4.38. The molecule has 0 bridgehead atoms. The van der Waals surface area contributed by atoms with Crippen molar-refractivity contribution < 1.29 is 9.72 Å². The van der Waals surface area contributed by atoms with Gasteiger partial charge in [0.15, 0.2) is 0 Å². The Bertz CT molecular complexity index is 1530. The van der Waals surface area contributed by atoms with Crippen molar-refractivity contribution in [3.05, 3.63) is 92.4 Å². The number of benzene rings is 3. The van der Waals surface area contributed by atoms with Gasteiger partial charge >= 0.3 is 0 Å². The maximum Gasteiger partial charge on any atom is 0.274 e. The van der Waals surface area contributed by atoms with Crippen LogP contribution in [0.1, 0.15) is 16.6 Å². The lowest BCUT2D eigenvalue weighted by molar-refractivity contribution is -0.385. The van der Waals surface area contributed by atoms with E-state index in [1.54, 1.807) is 30.0 Å². The number of hydrogen-bond donors (Lipinski definition) is 0. The molecule has 3 heterocycles. The van der Waals surface area contributed by atoms with Crippen LogP contribution in [-0.4, -0.2) is 26.4 Å². The van der Waals surface area contributed by atoms with Crippen LogP contribution < -0.4 is 9.80 Å². The molecular formula is C24H15Cl2N5O3S2. The molecule has 0 radical (unpaired) electrons. The fourth-order valence-corrected chi connectivity index (χ4v) is 6.85. The molecule has 2 unspecified atom stereocenters. The summed E-state index contributed by atoms with van der Waals surface area (Å²) in [5, 5.41) is 20.9. The van der Waals surface area contributed by atoms with Crippen LogP contribution in [0.2, 0.25) is 5.02 Å². The molecule has 0 aliphatic carbocycles. The number of hydrogen-bond acceptors (Lipinski definition) is 8. The number of aromatic nitrogens is 2. The summed E-state index contributed by atoms with van der Waals surface area (Å²) in [4.78, 5) is 29.5. The van der Waals surface area contributed by atoms with E-state index in [0.29, 0.717) is 27.3 Å². The highest BCUT2D eigenvalue weighted by atomic mass is 35.5. The van der Waals surface area contributed by atoms with Crippen molar-refractivity contribution in [1.82, 2.24) is 10.2 Å². The summed E-state index contributed by atoms with van der Waals surface area (Å²) in [5.74, 6) is -0.362. The van der Waals surface area contributed by atoms with Crippen LogP contribution in [0.4, 0.5) is 22.2 Å². The Balaban J connectivity index is 1.34. The number of para-hydroxylation sites is 2. The molecule has 2 aliphatic rings. The Kier molecular flexibility index (Phi) is 5.83. The van der Waals surface area contributed by atoms with Crippen molar-refractivity contribution >= 4 is 74.4 Å². The number of nitro groups is 1. The predicted octanol–water partition coefficient (Wildman–Crippen LogP) is 6.60. The SMILES string of the molecule is O=C1C(Cl)C(c2ccccc2[N+](=O)[O-])N1c1nnc(CN2c3ccccc3Sc3ccc(Cl)cc32)s1. The van der Waals surface area contributed by atoms with E-state index in [2.05, 4.69) is 21.2 Å². The molecule has 3 aromatic carbocycles. The average molecular weight is 556 g/mol. The summed E-state index contributed by atoms with van der Waals surface area (Å²) in [6.07, 6.45) is 0.